The third kappa shape index (κ3) is 4.96. The second-order valence-corrected chi connectivity index (χ2v) is 17.1. The topological polar surface area (TPSA) is 29.3 Å². The summed E-state index contributed by atoms with van der Waals surface area (Å²) in [6.07, 6.45) is 0. The van der Waals surface area contributed by atoms with Crippen molar-refractivity contribution >= 4 is 124 Å². The monoisotopic (exact) mass is 756 g/mol. The third-order valence-electron chi connectivity index (χ3n) is 10.7. The third-order valence-corrected chi connectivity index (χ3v) is 14.1. The predicted molar refractivity (Wildman–Crippen MR) is 238 cm³/mol. The number of thiophene rings is 2. The molecule has 4 heterocycles. The van der Waals surface area contributed by atoms with E-state index < -0.39 is 0 Å². The van der Waals surface area contributed by atoms with E-state index in [1.165, 1.54) is 56.2 Å². The maximum atomic E-state index is 6.23. The van der Waals surface area contributed by atoms with Gasteiger partial charge in [0.1, 0.15) is 16.2 Å². The molecule has 0 atom stereocenters. The van der Waals surface area contributed by atoms with Crippen LogP contribution in [0.4, 0.5) is 17.1 Å². The lowest BCUT2D eigenvalue weighted by Crippen LogP contribution is -2.09. The smallest absolute Gasteiger partial charge is 0.135 e. The molecule has 0 aliphatic heterocycles. The summed E-state index contributed by atoms with van der Waals surface area (Å²) in [5.74, 6) is 0. The Labute approximate surface area is 327 Å². The van der Waals surface area contributed by atoms with E-state index >= 15 is 0 Å². The predicted octanol–water partition coefficient (Wildman–Crippen LogP) is 15.7. The number of hydrogen-bond acceptors (Lipinski definition) is 6. The molecule has 0 N–H and O–H groups in total. The molecule has 12 aromatic rings. The molecule has 0 bridgehead atoms. The zero-order chi connectivity index (χ0) is 36.0. The molecule has 258 valence electrons. The summed E-state index contributed by atoms with van der Waals surface area (Å²) in [5.41, 5.74) is 9.70. The summed E-state index contributed by atoms with van der Waals surface area (Å²) < 4.78 is 12.7. The lowest BCUT2D eigenvalue weighted by molar-refractivity contribution is 0.669. The summed E-state index contributed by atoms with van der Waals surface area (Å²) in [5, 5.41) is 8.48. The molecule has 0 radical (unpaired) electrons. The van der Waals surface area contributed by atoms with Crippen molar-refractivity contribution in [2.24, 2.45) is 0 Å². The van der Waals surface area contributed by atoms with E-state index in [-0.39, 0.29) is 0 Å². The molecular formula is C49H28N2OS3. The zero-order valence-electron chi connectivity index (χ0n) is 29.2. The molecular weight excluding hydrogens is 729 g/mol. The van der Waals surface area contributed by atoms with E-state index in [1.54, 1.807) is 11.3 Å². The van der Waals surface area contributed by atoms with Gasteiger partial charge in [0.25, 0.3) is 0 Å². The molecule has 0 amide bonds. The summed E-state index contributed by atoms with van der Waals surface area (Å²) in [7, 11) is 0. The number of hydrogen-bond donors (Lipinski definition) is 0. The highest BCUT2D eigenvalue weighted by atomic mass is 32.1. The van der Waals surface area contributed by atoms with Crippen molar-refractivity contribution in [3.05, 3.63) is 170 Å². The number of fused-ring (bicyclic) bond motifs is 11. The molecule has 0 spiro atoms. The average molecular weight is 757 g/mol. The SMILES string of the molecule is c1ccc(-c2nc3ccc4sc5ccc(-c6ccc(N(c7ccc8c(c7)sc7ccccc78)c7ccc8oc9ccccc9c8c7)cc6)cc5c4c3s2)cc1. The molecule has 0 saturated heterocycles. The first-order chi connectivity index (χ1) is 27.2. The number of para-hydroxylation sites is 1. The molecule has 0 unspecified atom stereocenters. The Hall–Kier alpha value is -6.31. The summed E-state index contributed by atoms with van der Waals surface area (Å²) >= 11 is 5.50. The van der Waals surface area contributed by atoms with Crippen molar-refractivity contribution in [1.29, 1.82) is 0 Å². The van der Waals surface area contributed by atoms with Gasteiger partial charge in [0.05, 0.1) is 10.2 Å². The van der Waals surface area contributed by atoms with Gasteiger partial charge in [-0.3, -0.25) is 0 Å². The first kappa shape index (κ1) is 31.1. The Bertz CT molecular complexity index is 3440. The molecule has 0 saturated carbocycles. The van der Waals surface area contributed by atoms with Crippen LogP contribution in [0.15, 0.2) is 174 Å². The van der Waals surface area contributed by atoms with Crippen LogP contribution in [0.25, 0.3) is 94.2 Å². The molecule has 12 rings (SSSR count). The minimum Gasteiger partial charge on any atom is -0.456 e. The van der Waals surface area contributed by atoms with Gasteiger partial charge in [0.15, 0.2) is 0 Å². The van der Waals surface area contributed by atoms with Crippen LogP contribution in [0, 0.1) is 0 Å². The minimum absolute atomic E-state index is 0.892. The maximum absolute atomic E-state index is 6.23. The standard InChI is InChI=1S/C49H28N2OS3/c1-2-8-30(9-3-1)49-50-40-22-25-45-47(48(40)55-49)39-26-31(16-24-44(39)53-45)29-14-17-32(18-15-29)51(33-20-23-42-38(27-33)35-10-4-6-12-41(35)52-42)34-19-21-37-36-11-5-7-13-43(36)54-46(37)28-34/h1-28H. The van der Waals surface area contributed by atoms with Crippen LogP contribution < -0.4 is 4.90 Å². The van der Waals surface area contributed by atoms with Crippen molar-refractivity contribution in [3.63, 3.8) is 0 Å². The number of thiazole rings is 1. The number of anilines is 3. The first-order valence-corrected chi connectivity index (χ1v) is 20.7. The van der Waals surface area contributed by atoms with Crippen molar-refractivity contribution in [3.8, 4) is 21.7 Å². The van der Waals surface area contributed by atoms with Gasteiger partial charge >= 0.3 is 0 Å². The van der Waals surface area contributed by atoms with Gasteiger partial charge in [0.2, 0.25) is 0 Å². The van der Waals surface area contributed by atoms with Crippen LogP contribution in [-0.2, 0) is 0 Å². The largest absolute Gasteiger partial charge is 0.456 e. The second kappa shape index (κ2) is 12.1. The fourth-order valence-corrected chi connectivity index (χ4v) is 11.5. The van der Waals surface area contributed by atoms with Crippen LogP contribution in [-0.4, -0.2) is 4.98 Å². The van der Waals surface area contributed by atoms with E-state index in [4.69, 9.17) is 9.40 Å². The highest BCUT2D eigenvalue weighted by molar-refractivity contribution is 7.28. The van der Waals surface area contributed by atoms with Crippen molar-refractivity contribution in [2.45, 2.75) is 0 Å². The Balaban J connectivity index is 0.984. The van der Waals surface area contributed by atoms with Gasteiger partial charge in [0, 0.05) is 73.7 Å². The molecule has 0 fully saturated rings. The lowest BCUT2D eigenvalue weighted by atomic mass is 10.0. The highest BCUT2D eigenvalue weighted by Gasteiger charge is 2.19. The van der Waals surface area contributed by atoms with Gasteiger partial charge in [-0.2, -0.15) is 0 Å². The quantitative estimate of drug-likeness (QED) is 0.175. The van der Waals surface area contributed by atoms with Crippen LogP contribution in [0.2, 0.25) is 0 Å². The summed E-state index contributed by atoms with van der Waals surface area (Å²) in [6.45, 7) is 0. The van der Waals surface area contributed by atoms with Gasteiger partial charge in [-0.1, -0.05) is 91.0 Å². The van der Waals surface area contributed by atoms with E-state index in [2.05, 4.69) is 163 Å². The van der Waals surface area contributed by atoms with E-state index in [1.807, 2.05) is 34.8 Å². The number of furan rings is 1. The molecule has 6 heteroatoms. The van der Waals surface area contributed by atoms with E-state index in [0.29, 0.717) is 0 Å². The molecule has 4 aromatic heterocycles. The van der Waals surface area contributed by atoms with Gasteiger partial charge < -0.3 is 9.32 Å². The maximum Gasteiger partial charge on any atom is 0.135 e. The fraction of sp³-hybridized carbons (Fsp3) is 0. The molecule has 0 aliphatic carbocycles. The molecule has 8 aromatic carbocycles. The van der Waals surface area contributed by atoms with Crippen molar-refractivity contribution < 1.29 is 4.42 Å². The second-order valence-electron chi connectivity index (χ2n) is 13.9. The Morgan fingerprint density at radius 3 is 1.98 bits per heavy atom. The summed E-state index contributed by atoms with van der Waals surface area (Å²) in [6, 6.07) is 61.2. The Kier molecular flexibility index (Phi) is 6.84. The molecule has 3 nitrogen and oxygen atoms in total. The number of nitrogens with zero attached hydrogens (tertiary/aromatic N) is 2. The zero-order valence-corrected chi connectivity index (χ0v) is 31.6. The molecule has 0 aliphatic rings. The Morgan fingerprint density at radius 2 is 1.07 bits per heavy atom. The van der Waals surface area contributed by atoms with Crippen LogP contribution in [0.5, 0.6) is 0 Å². The van der Waals surface area contributed by atoms with Gasteiger partial charge in [-0.05, 0) is 90.0 Å². The van der Waals surface area contributed by atoms with Crippen molar-refractivity contribution in [2.75, 3.05) is 4.90 Å². The normalized spacial score (nSPS) is 12.0. The highest BCUT2D eigenvalue weighted by Crippen LogP contribution is 2.45. The van der Waals surface area contributed by atoms with Gasteiger partial charge in [-0.25, -0.2) is 4.98 Å². The Morgan fingerprint density at radius 1 is 0.400 bits per heavy atom. The van der Waals surface area contributed by atoms with Crippen LogP contribution in [0.1, 0.15) is 0 Å². The average Bonchev–Trinajstić information content (AvgIpc) is 4.02. The van der Waals surface area contributed by atoms with E-state index in [9.17, 15) is 0 Å². The van der Waals surface area contributed by atoms with Crippen molar-refractivity contribution in [1.82, 2.24) is 4.98 Å². The van der Waals surface area contributed by atoms with Crippen LogP contribution in [0.3, 0.4) is 0 Å². The number of aromatic nitrogens is 1. The van der Waals surface area contributed by atoms with Gasteiger partial charge in [-0.15, -0.1) is 34.0 Å². The number of rotatable bonds is 5. The first-order valence-electron chi connectivity index (χ1n) is 18.3. The molecule has 55 heavy (non-hydrogen) atoms. The fourth-order valence-electron chi connectivity index (χ4n) is 8.09. The number of benzene rings is 8. The lowest BCUT2D eigenvalue weighted by Gasteiger charge is -2.26. The summed E-state index contributed by atoms with van der Waals surface area (Å²) in [4.78, 5) is 7.42. The van der Waals surface area contributed by atoms with Crippen LogP contribution >= 0.6 is 34.0 Å². The minimum atomic E-state index is 0.892. The van der Waals surface area contributed by atoms with E-state index in [0.717, 1.165) is 55.1 Å².